The number of ketones is 1. The lowest BCUT2D eigenvalue weighted by Crippen LogP contribution is -2.13. The molecule has 0 spiro atoms. The van der Waals surface area contributed by atoms with Crippen LogP contribution in [0.5, 0.6) is 0 Å². The largest absolute Gasteiger partial charge is 0.351 e. The van der Waals surface area contributed by atoms with Gasteiger partial charge in [0.05, 0.1) is 0 Å². The first kappa shape index (κ1) is 11.3. The van der Waals surface area contributed by atoms with E-state index in [2.05, 4.69) is 15.9 Å². The fourth-order valence-corrected chi connectivity index (χ4v) is 2.63. The Labute approximate surface area is 106 Å². The van der Waals surface area contributed by atoms with Crippen LogP contribution in [0.25, 0.3) is 0 Å². The summed E-state index contributed by atoms with van der Waals surface area (Å²) in [6.45, 7) is 1.89. The first-order valence-corrected chi connectivity index (χ1v) is 6.53. The van der Waals surface area contributed by atoms with Crippen LogP contribution in [0.4, 0.5) is 0 Å². The molecule has 1 aliphatic rings. The molecule has 0 amide bonds. The van der Waals surface area contributed by atoms with Gasteiger partial charge in [-0.25, -0.2) is 0 Å². The maximum atomic E-state index is 11.7. The molecular formula is C14H17N3O. The normalized spacial score (nSPS) is 14.8. The molecule has 0 saturated carbocycles. The zero-order valence-electron chi connectivity index (χ0n) is 10.4. The molecule has 94 valence electrons. The van der Waals surface area contributed by atoms with Crippen molar-refractivity contribution in [3.05, 3.63) is 42.0 Å². The summed E-state index contributed by atoms with van der Waals surface area (Å²) < 4.78 is 4.18. The molecule has 0 unspecified atom stereocenters. The summed E-state index contributed by atoms with van der Waals surface area (Å²) in [6.07, 6.45) is 9.62. The maximum absolute atomic E-state index is 11.7. The van der Waals surface area contributed by atoms with Crippen LogP contribution in [0.2, 0.25) is 0 Å². The molecule has 2 heterocycles. The van der Waals surface area contributed by atoms with Gasteiger partial charge in [0.2, 0.25) is 0 Å². The lowest BCUT2D eigenvalue weighted by molar-refractivity contribution is 0.0971. The number of aryl methyl sites for hydroxylation is 2. The topological polar surface area (TPSA) is 39.8 Å². The third kappa shape index (κ3) is 2.10. The second-order valence-electron chi connectivity index (χ2n) is 4.77. The summed E-state index contributed by atoms with van der Waals surface area (Å²) in [5, 5.41) is 4.19. The molecule has 18 heavy (non-hydrogen) atoms. The zero-order valence-corrected chi connectivity index (χ0v) is 10.4. The molecule has 0 fully saturated rings. The molecule has 0 aromatic carbocycles. The van der Waals surface area contributed by atoms with Gasteiger partial charge in [-0.15, -0.1) is 0 Å². The Kier molecular flexibility index (Phi) is 3.00. The Balaban J connectivity index is 1.65. The highest BCUT2D eigenvalue weighted by Gasteiger charge is 2.19. The predicted octanol–water partition coefficient (Wildman–Crippen LogP) is 2.29. The first-order chi connectivity index (χ1) is 8.84. The van der Waals surface area contributed by atoms with E-state index in [0.29, 0.717) is 12.2 Å². The molecule has 2 aromatic heterocycles. The van der Waals surface area contributed by atoms with Crippen LogP contribution in [0.15, 0.2) is 30.7 Å². The SMILES string of the molecule is O=C1CCCc2c1ccn2CCCn1cccn1. The number of Topliss-reactive ketones (excluding diaryl/α,β-unsaturated/α-hetero) is 1. The summed E-state index contributed by atoms with van der Waals surface area (Å²) in [4.78, 5) is 11.7. The van der Waals surface area contributed by atoms with Crippen LogP contribution in [-0.4, -0.2) is 20.1 Å². The van der Waals surface area contributed by atoms with Crippen molar-refractivity contribution in [3.63, 3.8) is 0 Å². The molecule has 0 radical (unpaired) electrons. The quantitative estimate of drug-likeness (QED) is 0.826. The van der Waals surface area contributed by atoms with Gasteiger partial charge in [0.25, 0.3) is 0 Å². The van der Waals surface area contributed by atoms with E-state index in [1.54, 1.807) is 6.20 Å². The van der Waals surface area contributed by atoms with E-state index in [4.69, 9.17) is 0 Å². The lowest BCUT2D eigenvalue weighted by atomic mass is 9.97. The Morgan fingerprint density at radius 3 is 3.00 bits per heavy atom. The van der Waals surface area contributed by atoms with Crippen molar-refractivity contribution in [2.45, 2.75) is 38.8 Å². The maximum Gasteiger partial charge on any atom is 0.164 e. The third-order valence-electron chi connectivity index (χ3n) is 3.54. The highest BCUT2D eigenvalue weighted by molar-refractivity contribution is 5.98. The van der Waals surface area contributed by atoms with Gasteiger partial charge in [0.15, 0.2) is 5.78 Å². The van der Waals surface area contributed by atoms with Gasteiger partial charge in [-0.2, -0.15) is 5.10 Å². The molecule has 0 aliphatic heterocycles. The Morgan fingerprint density at radius 1 is 1.22 bits per heavy atom. The van der Waals surface area contributed by atoms with Gasteiger partial charge in [-0.1, -0.05) is 0 Å². The van der Waals surface area contributed by atoms with E-state index < -0.39 is 0 Å². The van der Waals surface area contributed by atoms with E-state index in [0.717, 1.165) is 37.9 Å². The summed E-state index contributed by atoms with van der Waals surface area (Å²) in [6, 6.07) is 3.92. The molecule has 4 heteroatoms. The van der Waals surface area contributed by atoms with Crippen LogP contribution < -0.4 is 0 Å². The number of carbonyl (C=O) groups is 1. The number of hydrogen-bond donors (Lipinski definition) is 0. The Hall–Kier alpha value is -1.84. The van der Waals surface area contributed by atoms with Crippen LogP contribution in [-0.2, 0) is 19.5 Å². The Morgan fingerprint density at radius 2 is 2.17 bits per heavy atom. The van der Waals surface area contributed by atoms with Crippen molar-refractivity contribution < 1.29 is 4.79 Å². The van der Waals surface area contributed by atoms with E-state index >= 15 is 0 Å². The molecule has 0 bridgehead atoms. The van der Waals surface area contributed by atoms with Gasteiger partial charge in [-0.3, -0.25) is 9.48 Å². The van der Waals surface area contributed by atoms with Gasteiger partial charge < -0.3 is 4.57 Å². The summed E-state index contributed by atoms with van der Waals surface area (Å²) in [5.74, 6) is 0.307. The van der Waals surface area contributed by atoms with Gasteiger partial charge in [0.1, 0.15) is 0 Å². The molecule has 1 aliphatic carbocycles. The molecule has 0 N–H and O–H groups in total. The third-order valence-corrected chi connectivity index (χ3v) is 3.54. The van der Waals surface area contributed by atoms with Crippen molar-refractivity contribution in [2.24, 2.45) is 0 Å². The smallest absolute Gasteiger partial charge is 0.164 e. The van der Waals surface area contributed by atoms with E-state index in [1.165, 1.54) is 5.69 Å². The molecular weight excluding hydrogens is 226 g/mol. The number of rotatable bonds is 4. The van der Waals surface area contributed by atoms with Gasteiger partial charge >= 0.3 is 0 Å². The van der Waals surface area contributed by atoms with Gasteiger partial charge in [-0.05, 0) is 31.4 Å². The van der Waals surface area contributed by atoms with Crippen molar-refractivity contribution in [2.75, 3.05) is 0 Å². The van der Waals surface area contributed by atoms with Crippen LogP contribution in [0.3, 0.4) is 0 Å². The number of hydrogen-bond acceptors (Lipinski definition) is 2. The minimum Gasteiger partial charge on any atom is -0.351 e. The highest BCUT2D eigenvalue weighted by Crippen LogP contribution is 2.22. The lowest BCUT2D eigenvalue weighted by Gasteiger charge is -2.14. The van der Waals surface area contributed by atoms with Crippen LogP contribution in [0, 0.1) is 0 Å². The molecule has 3 rings (SSSR count). The van der Waals surface area contributed by atoms with Crippen LogP contribution >= 0.6 is 0 Å². The number of nitrogens with zero attached hydrogens (tertiary/aromatic N) is 3. The standard InChI is InChI=1S/C14H17N3O/c18-14-5-1-4-13-12(14)6-11-16(13)8-3-10-17-9-2-7-15-17/h2,6-7,9,11H,1,3-5,8,10H2. The van der Waals surface area contributed by atoms with Gasteiger partial charge in [0, 0.05) is 49.4 Å². The predicted molar refractivity (Wildman–Crippen MR) is 68.5 cm³/mol. The summed E-state index contributed by atoms with van der Waals surface area (Å²) in [5.41, 5.74) is 2.17. The second-order valence-corrected chi connectivity index (χ2v) is 4.77. The van der Waals surface area contributed by atoms with E-state index in [9.17, 15) is 4.79 Å². The minimum absolute atomic E-state index is 0.307. The molecule has 0 saturated heterocycles. The molecule has 4 nitrogen and oxygen atoms in total. The minimum atomic E-state index is 0.307. The molecule has 2 aromatic rings. The number of fused-ring (bicyclic) bond motifs is 1. The number of carbonyl (C=O) groups excluding carboxylic acids is 1. The highest BCUT2D eigenvalue weighted by atomic mass is 16.1. The van der Waals surface area contributed by atoms with Crippen molar-refractivity contribution >= 4 is 5.78 Å². The summed E-state index contributed by atoms with van der Waals surface area (Å²) in [7, 11) is 0. The monoisotopic (exact) mass is 243 g/mol. The van der Waals surface area contributed by atoms with Crippen LogP contribution in [0.1, 0.15) is 35.3 Å². The second kappa shape index (κ2) is 4.80. The zero-order chi connectivity index (χ0) is 12.4. The fraction of sp³-hybridized carbons (Fsp3) is 0.429. The summed E-state index contributed by atoms with van der Waals surface area (Å²) >= 11 is 0. The van der Waals surface area contributed by atoms with Crippen molar-refractivity contribution in [1.82, 2.24) is 14.3 Å². The van der Waals surface area contributed by atoms with E-state index in [-0.39, 0.29) is 0 Å². The molecule has 0 atom stereocenters. The average molecular weight is 243 g/mol. The van der Waals surface area contributed by atoms with E-state index in [1.807, 2.05) is 23.0 Å². The van der Waals surface area contributed by atoms with Crippen molar-refractivity contribution in [1.29, 1.82) is 0 Å². The first-order valence-electron chi connectivity index (χ1n) is 6.53. The number of aromatic nitrogens is 3. The Bertz CT molecular complexity index is 539. The fourth-order valence-electron chi connectivity index (χ4n) is 2.63. The average Bonchev–Trinajstić information content (AvgIpc) is 3.00. The van der Waals surface area contributed by atoms with Crippen molar-refractivity contribution in [3.8, 4) is 0 Å².